The zero-order valence-corrected chi connectivity index (χ0v) is 18.1. The van der Waals surface area contributed by atoms with Crippen LogP contribution in [-0.2, 0) is 17.7 Å². The summed E-state index contributed by atoms with van der Waals surface area (Å²) in [5.41, 5.74) is 2.83. The van der Waals surface area contributed by atoms with Crippen LogP contribution in [0, 0.1) is 0 Å². The number of hydrogen-bond donors (Lipinski definition) is 2. The van der Waals surface area contributed by atoms with Gasteiger partial charge in [-0.1, -0.05) is 25.1 Å². The van der Waals surface area contributed by atoms with Gasteiger partial charge in [0.1, 0.15) is 5.82 Å². The number of anilines is 1. The Bertz CT molecular complexity index is 1110. The molecule has 3 heterocycles. The molecule has 1 atom stereocenters. The van der Waals surface area contributed by atoms with E-state index in [1.54, 1.807) is 17.3 Å². The lowest BCUT2D eigenvalue weighted by molar-refractivity contribution is 0.0819. The van der Waals surface area contributed by atoms with Crippen molar-refractivity contribution in [2.75, 3.05) is 18.5 Å². The highest BCUT2D eigenvalue weighted by molar-refractivity contribution is 5.90. The van der Waals surface area contributed by atoms with Crippen molar-refractivity contribution < 1.29 is 9.53 Å². The number of H-pyrrole nitrogens is 1. The lowest BCUT2D eigenvalue weighted by Gasteiger charge is -2.26. The average Bonchev–Trinajstić information content (AvgIpc) is 3.32. The van der Waals surface area contributed by atoms with E-state index in [0.29, 0.717) is 31.0 Å². The normalized spacial score (nSPS) is 15.5. The molecule has 1 fully saturated rings. The second-order valence-electron chi connectivity index (χ2n) is 7.83. The first-order chi connectivity index (χ1) is 15.6. The van der Waals surface area contributed by atoms with Gasteiger partial charge in [0.2, 0.25) is 0 Å². The molecule has 0 aliphatic carbocycles. The Morgan fingerprint density at radius 1 is 1.28 bits per heavy atom. The van der Waals surface area contributed by atoms with E-state index in [1.807, 2.05) is 43.3 Å². The highest BCUT2D eigenvalue weighted by atomic mass is 16.5. The zero-order valence-electron chi connectivity index (χ0n) is 18.1. The Labute approximate surface area is 186 Å². The molecule has 4 rings (SSSR count). The number of hydrogen-bond acceptors (Lipinski definition) is 5. The Kier molecular flexibility index (Phi) is 6.91. The quantitative estimate of drug-likeness (QED) is 0.593. The summed E-state index contributed by atoms with van der Waals surface area (Å²) in [4.78, 5) is 38.3. The molecule has 1 aliphatic heterocycles. The second-order valence-corrected chi connectivity index (χ2v) is 7.83. The first-order valence-electron chi connectivity index (χ1n) is 10.9. The van der Waals surface area contributed by atoms with E-state index >= 15 is 0 Å². The van der Waals surface area contributed by atoms with Gasteiger partial charge >= 0.3 is 6.03 Å². The van der Waals surface area contributed by atoms with Gasteiger partial charge in [-0.2, -0.15) is 0 Å². The van der Waals surface area contributed by atoms with Crippen LogP contribution in [0.15, 0.2) is 59.7 Å². The fourth-order valence-electron chi connectivity index (χ4n) is 3.74. The van der Waals surface area contributed by atoms with Crippen LogP contribution >= 0.6 is 0 Å². The van der Waals surface area contributed by atoms with E-state index in [-0.39, 0.29) is 17.7 Å². The van der Waals surface area contributed by atoms with Crippen LogP contribution < -0.4 is 10.9 Å². The average molecular weight is 434 g/mol. The Hall–Kier alpha value is -3.52. The molecule has 2 amide bonds. The maximum absolute atomic E-state index is 13.2. The molecule has 0 bridgehead atoms. The molecule has 0 spiro atoms. The minimum absolute atomic E-state index is 0.0369. The Morgan fingerprint density at radius 2 is 2.19 bits per heavy atom. The number of nitrogens with one attached hydrogen (secondary N) is 2. The van der Waals surface area contributed by atoms with Crippen molar-refractivity contribution in [3.05, 3.63) is 76.5 Å². The summed E-state index contributed by atoms with van der Waals surface area (Å²) in [6.45, 7) is 3.63. The zero-order chi connectivity index (χ0) is 22.3. The molecule has 0 saturated carbocycles. The third-order valence-corrected chi connectivity index (χ3v) is 5.38. The fourth-order valence-corrected chi connectivity index (χ4v) is 3.74. The molecule has 1 aromatic carbocycles. The number of carbonyl (C=O) groups excluding carboxylic acids is 1. The number of ether oxygens (including phenoxy) is 1. The van der Waals surface area contributed by atoms with Crippen LogP contribution in [0.4, 0.5) is 10.5 Å². The van der Waals surface area contributed by atoms with Crippen LogP contribution in [0.2, 0.25) is 0 Å². The Balaban J connectivity index is 1.53. The second kappa shape index (κ2) is 10.2. The summed E-state index contributed by atoms with van der Waals surface area (Å²) in [7, 11) is 0. The van der Waals surface area contributed by atoms with Crippen LogP contribution in [0.5, 0.6) is 0 Å². The molecule has 1 saturated heterocycles. The molecule has 0 radical (unpaired) electrons. The summed E-state index contributed by atoms with van der Waals surface area (Å²) < 4.78 is 5.75. The number of rotatable bonds is 7. The maximum atomic E-state index is 13.2. The number of aromatic amines is 1. The van der Waals surface area contributed by atoms with Gasteiger partial charge in [0.05, 0.1) is 6.10 Å². The monoisotopic (exact) mass is 433 g/mol. The highest BCUT2D eigenvalue weighted by Crippen LogP contribution is 2.21. The van der Waals surface area contributed by atoms with Crippen molar-refractivity contribution in [3.8, 4) is 11.4 Å². The number of aryl methyl sites for hydroxylation is 1. The van der Waals surface area contributed by atoms with Gasteiger partial charge < -0.3 is 19.9 Å². The summed E-state index contributed by atoms with van der Waals surface area (Å²) in [6.07, 6.45) is 6.13. The lowest BCUT2D eigenvalue weighted by Crippen LogP contribution is -2.39. The number of nitrogens with zero attached hydrogens (tertiary/aromatic N) is 3. The van der Waals surface area contributed by atoms with Gasteiger partial charge in [-0.05, 0) is 43.0 Å². The van der Waals surface area contributed by atoms with Gasteiger partial charge in [-0.3, -0.25) is 9.78 Å². The summed E-state index contributed by atoms with van der Waals surface area (Å²) in [5, 5.41) is 2.98. The van der Waals surface area contributed by atoms with Crippen LogP contribution in [0.1, 0.15) is 31.0 Å². The first kappa shape index (κ1) is 21.7. The van der Waals surface area contributed by atoms with Crippen molar-refractivity contribution in [3.63, 3.8) is 0 Å². The van der Waals surface area contributed by atoms with E-state index in [4.69, 9.17) is 4.74 Å². The molecule has 8 nitrogen and oxygen atoms in total. The van der Waals surface area contributed by atoms with Gasteiger partial charge in [-0.25, -0.2) is 9.78 Å². The number of aromatic nitrogens is 3. The van der Waals surface area contributed by atoms with E-state index < -0.39 is 0 Å². The third kappa shape index (κ3) is 5.59. The van der Waals surface area contributed by atoms with Gasteiger partial charge in [0, 0.05) is 55.1 Å². The topological polar surface area (TPSA) is 100 Å². The Morgan fingerprint density at radius 3 is 2.94 bits per heavy atom. The number of urea groups is 1. The van der Waals surface area contributed by atoms with Gasteiger partial charge in [0.15, 0.2) is 0 Å². The molecule has 166 valence electrons. The van der Waals surface area contributed by atoms with Gasteiger partial charge in [-0.15, -0.1) is 0 Å². The summed E-state index contributed by atoms with van der Waals surface area (Å²) >= 11 is 0. The molecular formula is C24H27N5O3. The first-order valence-corrected chi connectivity index (χ1v) is 10.9. The van der Waals surface area contributed by atoms with Crippen molar-refractivity contribution in [1.29, 1.82) is 0 Å². The standard InChI is InChI=1S/C24H27N5O3/c1-2-19-13-22(30)28-23(26-19)18-7-3-8-20(12-18)27-24(31)29(16-21-9-5-11-32-21)15-17-6-4-10-25-14-17/h3-4,6-8,10,12-14,21H,2,5,9,11,15-16H2,1H3,(H,27,31)(H,26,28,30)/t21-/m0/s1. The van der Waals surface area contributed by atoms with Crippen LogP contribution in [0.25, 0.3) is 11.4 Å². The number of carbonyl (C=O) groups is 1. The third-order valence-electron chi connectivity index (χ3n) is 5.38. The number of amides is 2. The highest BCUT2D eigenvalue weighted by Gasteiger charge is 2.23. The smallest absolute Gasteiger partial charge is 0.322 e. The fraction of sp³-hybridized carbons (Fsp3) is 0.333. The van der Waals surface area contributed by atoms with Crippen LogP contribution in [-0.4, -0.2) is 45.1 Å². The van der Waals surface area contributed by atoms with Crippen LogP contribution in [0.3, 0.4) is 0 Å². The molecule has 1 aliphatic rings. The number of benzene rings is 1. The van der Waals surface area contributed by atoms with E-state index in [1.165, 1.54) is 6.07 Å². The van der Waals surface area contributed by atoms with Crippen molar-refractivity contribution in [2.24, 2.45) is 0 Å². The molecule has 8 heteroatoms. The maximum Gasteiger partial charge on any atom is 0.322 e. The van der Waals surface area contributed by atoms with E-state index in [0.717, 1.165) is 36.3 Å². The van der Waals surface area contributed by atoms with Crippen molar-refractivity contribution in [2.45, 2.75) is 38.8 Å². The van der Waals surface area contributed by atoms with E-state index in [2.05, 4.69) is 20.3 Å². The molecule has 0 unspecified atom stereocenters. The minimum Gasteiger partial charge on any atom is -0.376 e. The van der Waals surface area contributed by atoms with Crippen molar-refractivity contribution in [1.82, 2.24) is 19.9 Å². The molecule has 3 aromatic rings. The SMILES string of the molecule is CCc1cc(=O)[nH]c(-c2cccc(NC(=O)N(Cc3cccnc3)C[C@@H]3CCCO3)c2)n1. The van der Waals surface area contributed by atoms with Crippen molar-refractivity contribution >= 4 is 11.7 Å². The lowest BCUT2D eigenvalue weighted by atomic mass is 10.1. The summed E-state index contributed by atoms with van der Waals surface area (Å²) in [5.74, 6) is 0.483. The van der Waals surface area contributed by atoms with Gasteiger partial charge in [0.25, 0.3) is 5.56 Å². The largest absolute Gasteiger partial charge is 0.376 e. The predicted molar refractivity (Wildman–Crippen MR) is 122 cm³/mol. The molecule has 32 heavy (non-hydrogen) atoms. The molecule has 2 aromatic heterocycles. The minimum atomic E-state index is -0.217. The summed E-state index contributed by atoms with van der Waals surface area (Å²) in [6, 6.07) is 12.4. The molecule has 2 N–H and O–H groups in total. The molecular weight excluding hydrogens is 406 g/mol. The van der Waals surface area contributed by atoms with E-state index in [9.17, 15) is 9.59 Å². The number of pyridine rings is 1. The predicted octanol–water partition coefficient (Wildman–Crippen LogP) is 3.61.